The van der Waals surface area contributed by atoms with E-state index in [1.54, 1.807) is 23.1 Å². The van der Waals surface area contributed by atoms with Crippen molar-refractivity contribution in [3.63, 3.8) is 0 Å². The summed E-state index contributed by atoms with van der Waals surface area (Å²) in [6.07, 6.45) is 5.26. The molecular weight excluding hydrogens is 628 g/mol. The Kier molecular flexibility index (Phi) is 9.14. The van der Waals surface area contributed by atoms with Gasteiger partial charge in [0.15, 0.2) is 0 Å². The van der Waals surface area contributed by atoms with Crippen LogP contribution in [0.25, 0.3) is 0 Å². The predicted molar refractivity (Wildman–Crippen MR) is 182 cm³/mol. The number of benzene rings is 3. The Morgan fingerprint density at radius 2 is 1.73 bits per heavy atom. The molecule has 2 atom stereocenters. The summed E-state index contributed by atoms with van der Waals surface area (Å²) in [5.41, 5.74) is 3.17. The van der Waals surface area contributed by atoms with E-state index in [1.807, 2.05) is 70.5 Å². The average Bonchev–Trinajstić information content (AvgIpc) is 3.74. The SMILES string of the molecule is O=C(NC(Cc1ccc(Cl)cc1)C(=O)N1CCC2(CC1)C(=O)N(CCn1cncn1)CN2c1ccccc1)C1NCCc2ccccc21. The third kappa shape index (κ3) is 6.40. The summed E-state index contributed by atoms with van der Waals surface area (Å²) in [6.45, 7) is 2.97. The largest absolute Gasteiger partial charge is 0.342 e. The van der Waals surface area contributed by atoms with E-state index in [9.17, 15) is 14.4 Å². The molecule has 248 valence electrons. The topological polar surface area (TPSA) is 116 Å². The molecule has 1 aromatic heterocycles. The number of piperidine rings is 1. The van der Waals surface area contributed by atoms with Crippen LogP contribution in [0.15, 0.2) is 91.5 Å². The standard InChI is InChI=1S/C36H39ClN8O3/c37-28-12-10-26(11-13-28)22-31(41-33(46)32-30-9-5-4-6-27(30)14-17-39-32)34(47)42-18-15-36(16-19-42)35(48)43(20-21-44-24-38-23-40-44)25-45(36)29-7-2-1-3-8-29/h1-13,23-24,31-32,39H,14-22,25H2,(H,41,46). The van der Waals surface area contributed by atoms with Gasteiger partial charge >= 0.3 is 0 Å². The average molecular weight is 667 g/mol. The summed E-state index contributed by atoms with van der Waals surface area (Å²) in [5, 5.41) is 11.2. The number of nitrogens with one attached hydrogen (secondary N) is 2. The molecule has 2 N–H and O–H groups in total. The van der Waals surface area contributed by atoms with Gasteiger partial charge in [0.25, 0.3) is 0 Å². The van der Waals surface area contributed by atoms with E-state index in [4.69, 9.17) is 11.6 Å². The maximum absolute atomic E-state index is 14.3. The summed E-state index contributed by atoms with van der Waals surface area (Å²) < 4.78 is 1.73. The molecule has 7 rings (SSSR count). The maximum Gasteiger partial charge on any atom is 0.250 e. The highest BCUT2D eigenvalue weighted by atomic mass is 35.5. The minimum Gasteiger partial charge on any atom is -0.342 e. The van der Waals surface area contributed by atoms with Gasteiger partial charge in [-0.05, 0) is 60.2 Å². The number of carbonyl (C=O) groups excluding carboxylic acids is 3. The second kappa shape index (κ2) is 13.8. The van der Waals surface area contributed by atoms with Crippen molar-refractivity contribution >= 4 is 35.0 Å². The smallest absolute Gasteiger partial charge is 0.250 e. The number of rotatable bonds is 9. The molecule has 3 aliphatic rings. The van der Waals surface area contributed by atoms with Gasteiger partial charge in [-0.15, -0.1) is 0 Å². The lowest BCUT2D eigenvalue weighted by atomic mass is 9.85. The highest BCUT2D eigenvalue weighted by Gasteiger charge is 2.54. The van der Waals surface area contributed by atoms with Crippen LogP contribution in [0.2, 0.25) is 5.02 Å². The number of aromatic nitrogens is 3. The zero-order valence-electron chi connectivity index (χ0n) is 26.7. The summed E-state index contributed by atoms with van der Waals surface area (Å²) in [4.78, 5) is 52.2. The predicted octanol–water partition coefficient (Wildman–Crippen LogP) is 3.21. The first-order valence-electron chi connectivity index (χ1n) is 16.5. The maximum atomic E-state index is 14.3. The highest BCUT2D eigenvalue weighted by Crippen LogP contribution is 2.39. The molecule has 0 aliphatic carbocycles. The Hall–Kier alpha value is -4.74. The monoisotopic (exact) mass is 666 g/mol. The molecule has 0 bridgehead atoms. The van der Waals surface area contributed by atoms with Gasteiger partial charge in [-0.3, -0.25) is 19.1 Å². The third-order valence-corrected chi connectivity index (χ3v) is 10.1. The van der Waals surface area contributed by atoms with E-state index in [0.717, 1.165) is 28.8 Å². The van der Waals surface area contributed by atoms with Gasteiger partial charge in [0, 0.05) is 43.3 Å². The van der Waals surface area contributed by atoms with Crippen molar-refractivity contribution in [1.82, 2.24) is 35.2 Å². The molecule has 11 nitrogen and oxygen atoms in total. The zero-order chi connectivity index (χ0) is 33.1. The number of nitrogens with zero attached hydrogens (tertiary/aromatic N) is 6. The van der Waals surface area contributed by atoms with Gasteiger partial charge in [-0.25, -0.2) is 4.98 Å². The van der Waals surface area contributed by atoms with Crippen molar-refractivity contribution in [1.29, 1.82) is 0 Å². The molecule has 0 radical (unpaired) electrons. The molecule has 1 spiro atoms. The summed E-state index contributed by atoms with van der Waals surface area (Å²) in [6, 6.07) is 24.0. The van der Waals surface area contributed by atoms with Crippen molar-refractivity contribution < 1.29 is 14.4 Å². The quantitative estimate of drug-likeness (QED) is 0.282. The summed E-state index contributed by atoms with van der Waals surface area (Å²) in [7, 11) is 0. The zero-order valence-corrected chi connectivity index (χ0v) is 27.4. The Bertz CT molecular complexity index is 1740. The normalized spacial score (nSPS) is 19.3. The van der Waals surface area contributed by atoms with Crippen LogP contribution in [0.5, 0.6) is 0 Å². The molecule has 2 unspecified atom stereocenters. The van der Waals surface area contributed by atoms with E-state index in [-0.39, 0.29) is 17.7 Å². The molecule has 4 aromatic rings. The van der Waals surface area contributed by atoms with E-state index >= 15 is 0 Å². The third-order valence-electron chi connectivity index (χ3n) is 9.89. The van der Waals surface area contributed by atoms with Gasteiger partial charge in [0.2, 0.25) is 17.7 Å². The molecule has 0 saturated carbocycles. The Morgan fingerprint density at radius 1 is 0.979 bits per heavy atom. The van der Waals surface area contributed by atoms with E-state index in [2.05, 4.69) is 31.7 Å². The van der Waals surface area contributed by atoms with Crippen molar-refractivity contribution in [3.8, 4) is 0 Å². The molecule has 12 heteroatoms. The van der Waals surface area contributed by atoms with Crippen molar-refractivity contribution in [2.24, 2.45) is 0 Å². The number of amides is 3. The molecule has 4 heterocycles. The van der Waals surface area contributed by atoms with Gasteiger partial charge in [-0.1, -0.05) is 66.2 Å². The van der Waals surface area contributed by atoms with Crippen LogP contribution in [0.1, 0.15) is 35.6 Å². The molecular formula is C36H39ClN8O3. The van der Waals surface area contributed by atoms with Crippen LogP contribution in [0.3, 0.4) is 0 Å². The molecule has 3 amide bonds. The van der Waals surface area contributed by atoms with Gasteiger partial charge < -0.3 is 25.3 Å². The number of hydrogen-bond donors (Lipinski definition) is 2. The summed E-state index contributed by atoms with van der Waals surface area (Å²) in [5.74, 6) is -0.323. The second-order valence-electron chi connectivity index (χ2n) is 12.7. The van der Waals surface area contributed by atoms with Crippen LogP contribution in [0.4, 0.5) is 5.69 Å². The fraction of sp³-hybridized carbons (Fsp3) is 0.361. The van der Waals surface area contributed by atoms with Crippen molar-refractivity contribution in [2.45, 2.75) is 49.9 Å². The minimum absolute atomic E-state index is 0.0617. The lowest BCUT2D eigenvalue weighted by molar-refractivity contribution is -0.141. The van der Waals surface area contributed by atoms with Crippen LogP contribution >= 0.6 is 11.6 Å². The first-order valence-corrected chi connectivity index (χ1v) is 16.9. The van der Waals surface area contributed by atoms with Crippen LogP contribution in [0, 0.1) is 0 Å². The Balaban J connectivity index is 1.10. The van der Waals surface area contributed by atoms with Gasteiger partial charge in [-0.2, -0.15) is 5.10 Å². The molecule has 3 aliphatic heterocycles. The number of halogens is 1. The van der Waals surface area contributed by atoms with Crippen molar-refractivity contribution in [2.75, 3.05) is 37.7 Å². The number of para-hydroxylation sites is 1. The number of anilines is 1. The van der Waals surface area contributed by atoms with Gasteiger partial charge in [0.05, 0.1) is 13.2 Å². The van der Waals surface area contributed by atoms with Crippen molar-refractivity contribution in [3.05, 3.63) is 113 Å². The first kappa shape index (κ1) is 31.8. The minimum atomic E-state index is -0.785. The van der Waals surface area contributed by atoms with E-state index in [1.165, 1.54) is 6.33 Å². The number of hydrogen-bond acceptors (Lipinski definition) is 7. The fourth-order valence-corrected chi connectivity index (χ4v) is 7.44. The Morgan fingerprint density at radius 3 is 2.48 bits per heavy atom. The summed E-state index contributed by atoms with van der Waals surface area (Å²) >= 11 is 6.15. The first-order chi connectivity index (χ1) is 23.4. The lowest BCUT2D eigenvalue weighted by Gasteiger charge is -2.44. The lowest BCUT2D eigenvalue weighted by Crippen LogP contribution is -2.60. The van der Waals surface area contributed by atoms with E-state index in [0.29, 0.717) is 63.7 Å². The van der Waals surface area contributed by atoms with Crippen LogP contribution in [-0.2, 0) is 33.8 Å². The number of fused-ring (bicyclic) bond motifs is 1. The number of likely N-dealkylation sites (tertiary alicyclic amines) is 1. The highest BCUT2D eigenvalue weighted by molar-refractivity contribution is 6.30. The van der Waals surface area contributed by atoms with Crippen LogP contribution in [-0.4, -0.2) is 86.7 Å². The van der Waals surface area contributed by atoms with E-state index < -0.39 is 17.6 Å². The number of carbonyl (C=O) groups is 3. The fourth-order valence-electron chi connectivity index (χ4n) is 7.31. The molecule has 2 fully saturated rings. The molecule has 3 aromatic carbocycles. The van der Waals surface area contributed by atoms with Gasteiger partial charge in [0.1, 0.15) is 30.3 Å². The second-order valence-corrected chi connectivity index (χ2v) is 13.2. The molecule has 48 heavy (non-hydrogen) atoms. The Labute approximate surface area is 284 Å². The van der Waals surface area contributed by atoms with Crippen LogP contribution < -0.4 is 15.5 Å². The molecule has 2 saturated heterocycles.